The topological polar surface area (TPSA) is 45.7 Å². The summed E-state index contributed by atoms with van der Waals surface area (Å²) in [6.45, 7) is 6.22. The molecule has 4 rings (SSSR count). The summed E-state index contributed by atoms with van der Waals surface area (Å²) in [7, 11) is 1.84. The molecule has 1 aliphatic heterocycles. The first kappa shape index (κ1) is 19.4. The maximum Gasteiger partial charge on any atom is 0.191 e. The van der Waals surface area contributed by atoms with Crippen LogP contribution >= 0.6 is 24.0 Å². The van der Waals surface area contributed by atoms with Gasteiger partial charge in [0.15, 0.2) is 5.96 Å². The molecule has 3 atom stereocenters. The van der Waals surface area contributed by atoms with Gasteiger partial charge in [0.25, 0.3) is 0 Å². The summed E-state index contributed by atoms with van der Waals surface area (Å²) in [4.78, 5) is 4.44. The van der Waals surface area contributed by atoms with Gasteiger partial charge < -0.3 is 15.4 Å². The molecule has 140 valence electrons. The highest BCUT2D eigenvalue weighted by Gasteiger charge is 2.59. The van der Waals surface area contributed by atoms with Crippen molar-refractivity contribution in [3.05, 3.63) is 48.0 Å². The second-order valence-corrected chi connectivity index (χ2v) is 7.75. The van der Waals surface area contributed by atoms with E-state index in [9.17, 15) is 0 Å². The number of ether oxygens (including phenoxy) is 1. The molecule has 0 bridgehead atoms. The number of hydrogen-bond acceptors (Lipinski definition) is 2. The fourth-order valence-corrected chi connectivity index (χ4v) is 4.58. The third-order valence-corrected chi connectivity index (χ3v) is 5.94. The van der Waals surface area contributed by atoms with Crippen LogP contribution < -0.4 is 10.6 Å². The quantitative estimate of drug-likeness (QED) is 0.410. The highest BCUT2D eigenvalue weighted by Crippen LogP contribution is 2.52. The van der Waals surface area contributed by atoms with Crippen molar-refractivity contribution in [3.8, 4) is 0 Å². The predicted octanol–water partition coefficient (Wildman–Crippen LogP) is 3.94. The van der Waals surface area contributed by atoms with Gasteiger partial charge in [-0.2, -0.15) is 0 Å². The van der Waals surface area contributed by atoms with Gasteiger partial charge in [0.05, 0.1) is 6.10 Å². The number of aliphatic imine (C=N–C) groups is 1. The van der Waals surface area contributed by atoms with E-state index in [0.29, 0.717) is 18.1 Å². The maximum atomic E-state index is 5.89. The standard InChI is InChI=1S/C21H27N3O.HI/c1-21(2)18(17-11-12-25-19(17)21)24-20(22-3)23-13-15-9-6-8-14-7-4-5-10-16(14)15;/h4-10,17-19H,11-13H2,1-3H3,(H2,22,23,24);1H. The minimum absolute atomic E-state index is 0. The summed E-state index contributed by atoms with van der Waals surface area (Å²) in [6, 6.07) is 15.4. The number of fused-ring (bicyclic) bond motifs is 2. The number of halogens is 1. The Bertz CT molecular complexity index is 799. The van der Waals surface area contributed by atoms with E-state index < -0.39 is 0 Å². The normalized spacial score (nSPS) is 26.6. The van der Waals surface area contributed by atoms with E-state index in [0.717, 1.165) is 25.5 Å². The first-order valence-corrected chi connectivity index (χ1v) is 9.16. The lowest BCUT2D eigenvalue weighted by Gasteiger charge is -2.54. The van der Waals surface area contributed by atoms with Crippen LogP contribution in [0.1, 0.15) is 25.8 Å². The number of nitrogens with one attached hydrogen (secondary N) is 2. The van der Waals surface area contributed by atoms with Crippen molar-refractivity contribution in [1.82, 2.24) is 10.6 Å². The lowest BCUT2D eigenvalue weighted by atomic mass is 9.57. The van der Waals surface area contributed by atoms with Crippen molar-refractivity contribution in [2.24, 2.45) is 16.3 Å². The number of nitrogens with zero attached hydrogens (tertiary/aromatic N) is 1. The highest BCUT2D eigenvalue weighted by molar-refractivity contribution is 14.0. The van der Waals surface area contributed by atoms with Crippen LogP contribution in [0, 0.1) is 11.3 Å². The average molecular weight is 465 g/mol. The largest absolute Gasteiger partial charge is 0.377 e. The summed E-state index contributed by atoms with van der Waals surface area (Å²) in [5, 5.41) is 9.70. The van der Waals surface area contributed by atoms with E-state index in [1.54, 1.807) is 0 Å². The highest BCUT2D eigenvalue weighted by atomic mass is 127. The first-order valence-electron chi connectivity index (χ1n) is 9.16. The molecule has 0 aromatic heterocycles. The third kappa shape index (κ3) is 3.31. The minimum atomic E-state index is 0. The van der Waals surface area contributed by atoms with Crippen LogP contribution in [0.4, 0.5) is 0 Å². The monoisotopic (exact) mass is 465 g/mol. The summed E-state index contributed by atoms with van der Waals surface area (Å²) < 4.78 is 5.89. The molecule has 2 N–H and O–H groups in total. The van der Waals surface area contributed by atoms with Crippen molar-refractivity contribution in [3.63, 3.8) is 0 Å². The van der Waals surface area contributed by atoms with Crippen molar-refractivity contribution in [2.75, 3.05) is 13.7 Å². The van der Waals surface area contributed by atoms with Crippen LogP contribution in [0.2, 0.25) is 0 Å². The Hall–Kier alpha value is -1.34. The summed E-state index contributed by atoms with van der Waals surface area (Å²) in [6.07, 6.45) is 1.53. The van der Waals surface area contributed by atoms with Gasteiger partial charge in [0.2, 0.25) is 0 Å². The Balaban J connectivity index is 0.00000196. The molecule has 0 amide bonds. The molecule has 5 heteroatoms. The average Bonchev–Trinajstić information content (AvgIpc) is 3.09. The maximum absolute atomic E-state index is 5.89. The molecule has 2 aromatic carbocycles. The Morgan fingerprint density at radius 1 is 1.19 bits per heavy atom. The molecule has 1 saturated heterocycles. The number of rotatable bonds is 3. The summed E-state index contributed by atoms with van der Waals surface area (Å²) >= 11 is 0. The van der Waals surface area contributed by atoms with Crippen LogP contribution in [0.15, 0.2) is 47.5 Å². The van der Waals surface area contributed by atoms with Crippen LogP contribution in [0.3, 0.4) is 0 Å². The number of guanidine groups is 1. The van der Waals surface area contributed by atoms with E-state index in [2.05, 4.69) is 71.9 Å². The molecule has 2 fully saturated rings. The molecular formula is C21H28IN3O. The lowest BCUT2D eigenvalue weighted by molar-refractivity contribution is -0.106. The second-order valence-electron chi connectivity index (χ2n) is 7.75. The molecule has 3 unspecified atom stereocenters. The van der Waals surface area contributed by atoms with Gasteiger partial charge in [-0.3, -0.25) is 4.99 Å². The third-order valence-electron chi connectivity index (χ3n) is 5.94. The molecular weight excluding hydrogens is 437 g/mol. The first-order chi connectivity index (χ1) is 12.1. The molecule has 1 aliphatic carbocycles. The van der Waals surface area contributed by atoms with E-state index in [1.165, 1.54) is 16.3 Å². The summed E-state index contributed by atoms with van der Waals surface area (Å²) in [5.74, 6) is 1.47. The fourth-order valence-electron chi connectivity index (χ4n) is 4.58. The van der Waals surface area contributed by atoms with Gasteiger partial charge in [-0.1, -0.05) is 56.3 Å². The zero-order valence-corrected chi connectivity index (χ0v) is 18.0. The van der Waals surface area contributed by atoms with Crippen LogP contribution in [-0.2, 0) is 11.3 Å². The van der Waals surface area contributed by atoms with Crippen molar-refractivity contribution < 1.29 is 4.74 Å². The molecule has 0 spiro atoms. The Labute approximate surface area is 172 Å². The SMILES string of the molecule is CN=C(NCc1cccc2ccccc12)NC1C2CCOC2C1(C)C.I. The van der Waals surface area contributed by atoms with E-state index in [-0.39, 0.29) is 29.4 Å². The molecule has 1 heterocycles. The van der Waals surface area contributed by atoms with Gasteiger partial charge in [-0.25, -0.2) is 0 Å². The molecule has 4 nitrogen and oxygen atoms in total. The Morgan fingerprint density at radius 3 is 2.77 bits per heavy atom. The van der Waals surface area contributed by atoms with Gasteiger partial charge in [-0.05, 0) is 22.8 Å². The smallest absolute Gasteiger partial charge is 0.191 e. The Kier molecular flexibility index (Phi) is 5.77. The molecule has 1 saturated carbocycles. The van der Waals surface area contributed by atoms with Gasteiger partial charge in [0.1, 0.15) is 0 Å². The molecule has 26 heavy (non-hydrogen) atoms. The Morgan fingerprint density at radius 2 is 1.96 bits per heavy atom. The van der Waals surface area contributed by atoms with Gasteiger partial charge >= 0.3 is 0 Å². The van der Waals surface area contributed by atoms with E-state index in [1.807, 2.05) is 7.05 Å². The molecule has 2 aromatic rings. The lowest BCUT2D eigenvalue weighted by Crippen LogP contribution is -2.67. The van der Waals surface area contributed by atoms with Crippen LogP contribution in [0.25, 0.3) is 10.8 Å². The predicted molar refractivity (Wildman–Crippen MR) is 118 cm³/mol. The van der Waals surface area contributed by atoms with E-state index in [4.69, 9.17) is 4.74 Å². The number of hydrogen-bond donors (Lipinski definition) is 2. The second kappa shape index (κ2) is 7.72. The van der Waals surface area contributed by atoms with Crippen molar-refractivity contribution in [2.45, 2.75) is 39.0 Å². The van der Waals surface area contributed by atoms with E-state index >= 15 is 0 Å². The molecule has 0 radical (unpaired) electrons. The van der Waals surface area contributed by atoms with Crippen molar-refractivity contribution >= 4 is 40.7 Å². The van der Waals surface area contributed by atoms with Gasteiger partial charge in [-0.15, -0.1) is 24.0 Å². The fraction of sp³-hybridized carbons (Fsp3) is 0.476. The van der Waals surface area contributed by atoms with Crippen LogP contribution in [-0.4, -0.2) is 31.8 Å². The van der Waals surface area contributed by atoms with Crippen LogP contribution in [0.5, 0.6) is 0 Å². The van der Waals surface area contributed by atoms with Crippen molar-refractivity contribution in [1.29, 1.82) is 0 Å². The number of benzene rings is 2. The minimum Gasteiger partial charge on any atom is -0.377 e. The molecule has 2 aliphatic rings. The van der Waals surface area contributed by atoms with Gasteiger partial charge in [0, 0.05) is 37.6 Å². The zero-order valence-electron chi connectivity index (χ0n) is 15.7. The summed E-state index contributed by atoms with van der Waals surface area (Å²) in [5.41, 5.74) is 1.44. The zero-order chi connectivity index (χ0) is 17.4.